The number of aliphatic carboxylic acids is 1. The van der Waals surface area contributed by atoms with Crippen molar-refractivity contribution in [2.45, 2.75) is 25.4 Å². The van der Waals surface area contributed by atoms with Crippen molar-refractivity contribution in [1.29, 1.82) is 0 Å². The van der Waals surface area contributed by atoms with Crippen LogP contribution in [0, 0.1) is 0 Å². The van der Waals surface area contributed by atoms with Gasteiger partial charge in [0.1, 0.15) is 5.60 Å². The van der Waals surface area contributed by atoms with Crippen molar-refractivity contribution in [3.05, 3.63) is 0 Å². The molecule has 1 saturated heterocycles. The molecule has 0 spiro atoms. The molecule has 0 amide bonds. The van der Waals surface area contributed by atoms with E-state index >= 15 is 0 Å². The number of carboxylic acid groups (broad SMARTS) is 1. The van der Waals surface area contributed by atoms with Crippen LogP contribution < -0.4 is 0 Å². The van der Waals surface area contributed by atoms with E-state index in [4.69, 9.17) is 5.11 Å². The quantitative estimate of drug-likeness (QED) is 0.561. The number of hydrogen-bond donors (Lipinski definition) is 1. The lowest BCUT2D eigenvalue weighted by Gasteiger charge is -2.35. The molecular weight excluding hydrogens is 136 g/mol. The SMILES string of the molecule is C[C@@]1(CC(=O)O)CC(=O)O1. The Morgan fingerprint density at radius 1 is 1.90 bits per heavy atom. The van der Waals surface area contributed by atoms with Crippen LogP contribution in [0.25, 0.3) is 0 Å². The average molecular weight is 144 g/mol. The molecule has 10 heavy (non-hydrogen) atoms. The molecule has 0 aromatic heterocycles. The van der Waals surface area contributed by atoms with Crippen LogP contribution in [0.4, 0.5) is 0 Å². The molecule has 1 fully saturated rings. The van der Waals surface area contributed by atoms with Crippen molar-refractivity contribution in [3.8, 4) is 0 Å². The van der Waals surface area contributed by atoms with Crippen LogP contribution in [0.1, 0.15) is 19.8 Å². The maximum Gasteiger partial charge on any atom is 0.310 e. The molecule has 0 aromatic rings. The van der Waals surface area contributed by atoms with Crippen molar-refractivity contribution in [1.82, 2.24) is 0 Å². The van der Waals surface area contributed by atoms with E-state index in [1.54, 1.807) is 6.92 Å². The summed E-state index contributed by atoms with van der Waals surface area (Å²) in [4.78, 5) is 20.4. The summed E-state index contributed by atoms with van der Waals surface area (Å²) in [7, 11) is 0. The number of carbonyl (C=O) groups excluding carboxylic acids is 1. The fraction of sp³-hybridized carbons (Fsp3) is 0.667. The lowest BCUT2D eigenvalue weighted by molar-refractivity contribution is -0.191. The van der Waals surface area contributed by atoms with Crippen LogP contribution in [0.3, 0.4) is 0 Å². The Hall–Kier alpha value is -1.06. The van der Waals surface area contributed by atoms with Gasteiger partial charge in [0.15, 0.2) is 0 Å². The van der Waals surface area contributed by atoms with Gasteiger partial charge in [-0.1, -0.05) is 0 Å². The normalized spacial score (nSPS) is 30.7. The van der Waals surface area contributed by atoms with Crippen molar-refractivity contribution < 1.29 is 19.4 Å². The Morgan fingerprint density at radius 3 is 2.70 bits per heavy atom. The Bertz CT molecular complexity index is 176. The molecule has 0 radical (unpaired) electrons. The molecule has 0 saturated carbocycles. The second-order valence-corrected chi connectivity index (χ2v) is 2.67. The highest BCUT2D eigenvalue weighted by Crippen LogP contribution is 2.30. The Balaban J connectivity index is 2.41. The highest BCUT2D eigenvalue weighted by atomic mass is 16.6. The number of hydrogen-bond acceptors (Lipinski definition) is 3. The molecule has 4 nitrogen and oxygen atoms in total. The monoisotopic (exact) mass is 144 g/mol. The largest absolute Gasteiger partial charge is 0.481 e. The van der Waals surface area contributed by atoms with Gasteiger partial charge in [-0.2, -0.15) is 0 Å². The van der Waals surface area contributed by atoms with Crippen LogP contribution in [0.2, 0.25) is 0 Å². The highest BCUT2D eigenvalue weighted by molar-refractivity contribution is 5.80. The summed E-state index contributed by atoms with van der Waals surface area (Å²) < 4.78 is 4.62. The Labute approximate surface area is 57.8 Å². The first-order valence-electron chi connectivity index (χ1n) is 2.95. The molecule has 1 aliphatic heterocycles. The summed E-state index contributed by atoms with van der Waals surface area (Å²) in [5, 5.41) is 8.31. The van der Waals surface area contributed by atoms with E-state index in [-0.39, 0.29) is 18.8 Å². The Morgan fingerprint density at radius 2 is 2.40 bits per heavy atom. The van der Waals surface area contributed by atoms with E-state index in [1.165, 1.54) is 0 Å². The van der Waals surface area contributed by atoms with Crippen LogP contribution in [0.15, 0.2) is 0 Å². The van der Waals surface area contributed by atoms with Crippen molar-refractivity contribution in [2.75, 3.05) is 0 Å². The van der Waals surface area contributed by atoms with Gasteiger partial charge in [-0.3, -0.25) is 9.59 Å². The fourth-order valence-corrected chi connectivity index (χ4v) is 0.990. The van der Waals surface area contributed by atoms with E-state index in [0.29, 0.717) is 0 Å². The maximum atomic E-state index is 10.3. The number of esters is 1. The molecule has 1 aliphatic rings. The molecule has 1 atom stereocenters. The van der Waals surface area contributed by atoms with E-state index in [0.717, 1.165) is 0 Å². The number of carboxylic acids is 1. The molecule has 1 heterocycles. The minimum atomic E-state index is -0.935. The summed E-state index contributed by atoms with van der Waals surface area (Å²) >= 11 is 0. The zero-order valence-electron chi connectivity index (χ0n) is 5.59. The van der Waals surface area contributed by atoms with E-state index in [9.17, 15) is 9.59 Å². The van der Waals surface area contributed by atoms with Crippen LogP contribution >= 0.6 is 0 Å². The van der Waals surface area contributed by atoms with Crippen LogP contribution in [-0.4, -0.2) is 22.6 Å². The maximum absolute atomic E-state index is 10.3. The third kappa shape index (κ3) is 1.26. The topological polar surface area (TPSA) is 63.6 Å². The molecule has 0 unspecified atom stereocenters. The van der Waals surface area contributed by atoms with E-state index < -0.39 is 11.6 Å². The molecule has 56 valence electrons. The van der Waals surface area contributed by atoms with Gasteiger partial charge < -0.3 is 9.84 Å². The van der Waals surface area contributed by atoms with Gasteiger partial charge in [0.2, 0.25) is 0 Å². The van der Waals surface area contributed by atoms with Crippen LogP contribution in [0.5, 0.6) is 0 Å². The molecule has 0 bridgehead atoms. The van der Waals surface area contributed by atoms with E-state index in [1.807, 2.05) is 0 Å². The van der Waals surface area contributed by atoms with Gasteiger partial charge >= 0.3 is 11.9 Å². The predicted molar refractivity (Wildman–Crippen MR) is 31.4 cm³/mol. The first kappa shape index (κ1) is 7.05. The zero-order chi connectivity index (χ0) is 7.78. The number of ether oxygens (including phenoxy) is 1. The molecule has 0 aliphatic carbocycles. The summed E-state index contributed by atoms with van der Waals surface area (Å²) in [5.74, 6) is -1.25. The molecular formula is C6H8O4. The minimum Gasteiger partial charge on any atom is -0.481 e. The molecule has 1 rings (SSSR count). The predicted octanol–water partition coefficient (Wildman–Crippen LogP) is 0.167. The average Bonchev–Trinajstić information content (AvgIpc) is 1.57. The summed E-state index contributed by atoms with van der Waals surface area (Å²) in [6, 6.07) is 0. The first-order chi connectivity index (χ1) is 4.52. The number of carbonyl (C=O) groups is 2. The second-order valence-electron chi connectivity index (χ2n) is 2.67. The second kappa shape index (κ2) is 1.97. The smallest absolute Gasteiger partial charge is 0.310 e. The number of cyclic esters (lactones) is 1. The number of rotatable bonds is 2. The highest BCUT2D eigenvalue weighted by Gasteiger charge is 2.43. The lowest BCUT2D eigenvalue weighted by Crippen LogP contribution is -2.46. The Kier molecular flexibility index (Phi) is 1.39. The van der Waals surface area contributed by atoms with Gasteiger partial charge in [0, 0.05) is 0 Å². The zero-order valence-corrected chi connectivity index (χ0v) is 5.59. The van der Waals surface area contributed by atoms with Gasteiger partial charge in [-0.25, -0.2) is 0 Å². The van der Waals surface area contributed by atoms with E-state index in [2.05, 4.69) is 4.74 Å². The summed E-state index contributed by atoms with van der Waals surface area (Å²) in [5.41, 5.74) is -0.733. The van der Waals surface area contributed by atoms with Crippen molar-refractivity contribution in [3.63, 3.8) is 0 Å². The minimum absolute atomic E-state index is 0.0985. The van der Waals surface area contributed by atoms with Gasteiger partial charge in [-0.15, -0.1) is 0 Å². The van der Waals surface area contributed by atoms with Gasteiger partial charge in [0.05, 0.1) is 12.8 Å². The van der Waals surface area contributed by atoms with Gasteiger partial charge in [0.25, 0.3) is 0 Å². The van der Waals surface area contributed by atoms with Crippen molar-refractivity contribution in [2.24, 2.45) is 0 Å². The summed E-state index contributed by atoms with van der Waals surface area (Å²) in [6.45, 7) is 1.61. The van der Waals surface area contributed by atoms with Crippen LogP contribution in [-0.2, 0) is 14.3 Å². The fourth-order valence-electron chi connectivity index (χ4n) is 0.990. The summed E-state index contributed by atoms with van der Waals surface area (Å²) in [6.07, 6.45) is 0.123. The molecule has 1 N–H and O–H groups in total. The standard InChI is InChI=1S/C6H8O4/c1-6(2-4(7)8)3-5(9)10-6/h2-3H2,1H3,(H,7,8)/t6-/m1/s1. The van der Waals surface area contributed by atoms with Gasteiger partial charge in [-0.05, 0) is 6.92 Å². The first-order valence-corrected chi connectivity index (χ1v) is 2.95. The van der Waals surface area contributed by atoms with Crippen molar-refractivity contribution >= 4 is 11.9 Å². The molecule has 0 aromatic carbocycles. The third-order valence-corrected chi connectivity index (χ3v) is 1.40. The lowest BCUT2D eigenvalue weighted by atomic mass is 9.93. The third-order valence-electron chi connectivity index (χ3n) is 1.40. The molecule has 4 heteroatoms.